The average Bonchev–Trinajstić information content (AvgIpc) is 2.29. The van der Waals surface area contributed by atoms with Crippen LogP contribution in [0.2, 0.25) is 0 Å². The van der Waals surface area contributed by atoms with Gasteiger partial charge in [-0.05, 0) is 19.3 Å². The molecule has 1 saturated heterocycles. The number of nitrogens with zero attached hydrogens (tertiary/aromatic N) is 2. The van der Waals surface area contributed by atoms with Gasteiger partial charge < -0.3 is 0 Å². The second-order valence-electron chi connectivity index (χ2n) is 3.72. The Kier molecular flexibility index (Phi) is 4.18. The molecule has 0 aliphatic carbocycles. The summed E-state index contributed by atoms with van der Waals surface area (Å²) >= 11 is 5.98. The summed E-state index contributed by atoms with van der Waals surface area (Å²) in [6, 6.07) is 0. The zero-order valence-electron chi connectivity index (χ0n) is 8.61. The van der Waals surface area contributed by atoms with Crippen molar-refractivity contribution in [1.82, 2.24) is 8.61 Å². The van der Waals surface area contributed by atoms with Gasteiger partial charge in [0.15, 0.2) is 0 Å². The van der Waals surface area contributed by atoms with E-state index in [9.17, 15) is 8.42 Å². The van der Waals surface area contributed by atoms with E-state index in [0.29, 0.717) is 13.1 Å². The van der Waals surface area contributed by atoms with Gasteiger partial charge >= 0.3 is 0 Å². The predicted molar refractivity (Wildman–Crippen MR) is 57.7 cm³/mol. The monoisotopic (exact) mass is 240 g/mol. The van der Waals surface area contributed by atoms with Crippen LogP contribution in [0.5, 0.6) is 0 Å². The number of rotatable bonds is 2. The van der Waals surface area contributed by atoms with Crippen LogP contribution in [0.4, 0.5) is 0 Å². The minimum Gasteiger partial charge on any atom is -0.195 e. The van der Waals surface area contributed by atoms with Crippen molar-refractivity contribution in [2.45, 2.75) is 24.6 Å². The zero-order chi connectivity index (χ0) is 10.8. The molecule has 0 spiro atoms. The van der Waals surface area contributed by atoms with E-state index in [-0.39, 0.29) is 5.38 Å². The molecule has 0 radical (unpaired) electrons. The van der Waals surface area contributed by atoms with Crippen molar-refractivity contribution in [2.24, 2.45) is 0 Å². The third-order valence-electron chi connectivity index (χ3n) is 2.40. The molecule has 1 aliphatic rings. The molecule has 0 aromatic heterocycles. The topological polar surface area (TPSA) is 40.6 Å². The van der Waals surface area contributed by atoms with Gasteiger partial charge in [-0.15, -0.1) is 11.6 Å². The lowest BCUT2D eigenvalue weighted by Gasteiger charge is -2.23. The van der Waals surface area contributed by atoms with Crippen LogP contribution in [-0.2, 0) is 10.2 Å². The van der Waals surface area contributed by atoms with Crippen molar-refractivity contribution < 1.29 is 8.42 Å². The molecule has 0 amide bonds. The molecule has 0 saturated carbocycles. The molecule has 1 heterocycles. The quantitative estimate of drug-likeness (QED) is 0.673. The lowest BCUT2D eigenvalue weighted by atomic mass is 10.2. The van der Waals surface area contributed by atoms with E-state index in [4.69, 9.17) is 11.6 Å². The summed E-state index contributed by atoms with van der Waals surface area (Å²) in [4.78, 5) is 0. The van der Waals surface area contributed by atoms with Crippen LogP contribution < -0.4 is 0 Å². The highest BCUT2D eigenvalue weighted by molar-refractivity contribution is 7.86. The van der Waals surface area contributed by atoms with Crippen LogP contribution in [-0.4, -0.2) is 49.6 Å². The Bertz CT molecular complexity index is 279. The fourth-order valence-electron chi connectivity index (χ4n) is 1.49. The summed E-state index contributed by atoms with van der Waals surface area (Å²) in [5.74, 6) is 0. The molecule has 1 aliphatic heterocycles. The second kappa shape index (κ2) is 4.79. The highest BCUT2D eigenvalue weighted by atomic mass is 35.5. The molecule has 6 heteroatoms. The van der Waals surface area contributed by atoms with E-state index in [2.05, 4.69) is 0 Å². The van der Waals surface area contributed by atoms with Crippen LogP contribution >= 0.6 is 11.6 Å². The molecule has 0 aromatic carbocycles. The summed E-state index contributed by atoms with van der Waals surface area (Å²) in [6.45, 7) is 1.12. The summed E-state index contributed by atoms with van der Waals surface area (Å²) in [5, 5.41) is 0.123. The maximum absolute atomic E-state index is 11.8. The molecule has 1 unspecified atom stereocenters. The van der Waals surface area contributed by atoms with Crippen LogP contribution in [0.25, 0.3) is 0 Å². The summed E-state index contributed by atoms with van der Waals surface area (Å²) in [6.07, 6.45) is 2.50. The van der Waals surface area contributed by atoms with Gasteiger partial charge in [-0.3, -0.25) is 0 Å². The Hall–Kier alpha value is 0.160. The Labute approximate surface area is 91.0 Å². The molecule has 0 N–H and O–H groups in total. The van der Waals surface area contributed by atoms with Gasteiger partial charge in [0.05, 0.1) is 0 Å². The molecule has 84 valence electrons. The van der Waals surface area contributed by atoms with Crippen LogP contribution in [0.3, 0.4) is 0 Å². The molecule has 0 bridgehead atoms. The molecular weight excluding hydrogens is 224 g/mol. The number of alkyl halides is 1. The fraction of sp³-hybridized carbons (Fsp3) is 1.00. The van der Waals surface area contributed by atoms with E-state index in [1.54, 1.807) is 14.1 Å². The van der Waals surface area contributed by atoms with Gasteiger partial charge in [-0.25, -0.2) is 0 Å². The minimum absolute atomic E-state index is 0.123. The summed E-state index contributed by atoms with van der Waals surface area (Å²) in [7, 11) is -0.131. The standard InChI is InChI=1S/C8H17ClN2O2S/c1-10(2)14(12,13)11-6-3-4-8(9)5-7-11/h8H,3-7H2,1-2H3. The summed E-state index contributed by atoms with van der Waals surface area (Å²) in [5.41, 5.74) is 0. The first-order chi connectivity index (χ1) is 6.44. The molecule has 1 atom stereocenters. The first-order valence-corrected chi connectivity index (χ1v) is 6.59. The largest absolute Gasteiger partial charge is 0.281 e. The number of halogens is 1. The number of hydrogen-bond acceptors (Lipinski definition) is 2. The SMILES string of the molecule is CN(C)S(=O)(=O)N1CCCC(Cl)CC1. The van der Waals surface area contributed by atoms with Crippen LogP contribution in [0.15, 0.2) is 0 Å². The van der Waals surface area contributed by atoms with Gasteiger partial charge in [0.1, 0.15) is 0 Å². The van der Waals surface area contributed by atoms with Crippen molar-refractivity contribution in [1.29, 1.82) is 0 Å². The van der Waals surface area contributed by atoms with E-state index < -0.39 is 10.2 Å². The van der Waals surface area contributed by atoms with Crippen molar-refractivity contribution in [3.63, 3.8) is 0 Å². The van der Waals surface area contributed by atoms with Gasteiger partial charge in [0.2, 0.25) is 0 Å². The Morgan fingerprint density at radius 2 is 1.93 bits per heavy atom. The average molecular weight is 241 g/mol. The van der Waals surface area contributed by atoms with E-state index in [0.717, 1.165) is 19.3 Å². The van der Waals surface area contributed by atoms with E-state index in [1.165, 1.54) is 8.61 Å². The smallest absolute Gasteiger partial charge is 0.195 e. The van der Waals surface area contributed by atoms with Gasteiger partial charge in [0, 0.05) is 32.6 Å². The highest BCUT2D eigenvalue weighted by Crippen LogP contribution is 2.18. The van der Waals surface area contributed by atoms with E-state index >= 15 is 0 Å². The van der Waals surface area contributed by atoms with Crippen molar-refractivity contribution >= 4 is 21.8 Å². The zero-order valence-corrected chi connectivity index (χ0v) is 10.2. The van der Waals surface area contributed by atoms with Crippen LogP contribution in [0, 0.1) is 0 Å². The molecule has 1 rings (SSSR count). The van der Waals surface area contributed by atoms with Crippen LogP contribution in [0.1, 0.15) is 19.3 Å². The normalized spacial score (nSPS) is 26.4. The molecule has 4 nitrogen and oxygen atoms in total. The van der Waals surface area contributed by atoms with Crippen molar-refractivity contribution in [2.75, 3.05) is 27.2 Å². The highest BCUT2D eigenvalue weighted by Gasteiger charge is 2.26. The lowest BCUT2D eigenvalue weighted by Crippen LogP contribution is -2.40. The van der Waals surface area contributed by atoms with E-state index in [1.807, 2.05) is 0 Å². The summed E-state index contributed by atoms with van der Waals surface area (Å²) < 4.78 is 26.3. The molecule has 1 fully saturated rings. The molecular formula is C8H17ClN2O2S. The Morgan fingerprint density at radius 1 is 1.29 bits per heavy atom. The van der Waals surface area contributed by atoms with Crippen molar-refractivity contribution in [3.05, 3.63) is 0 Å². The molecule has 0 aromatic rings. The van der Waals surface area contributed by atoms with Gasteiger partial charge in [-0.1, -0.05) is 0 Å². The maximum atomic E-state index is 11.8. The number of hydrogen-bond donors (Lipinski definition) is 0. The second-order valence-corrected chi connectivity index (χ2v) is 6.48. The Balaban J connectivity index is 2.69. The van der Waals surface area contributed by atoms with Gasteiger partial charge in [-0.2, -0.15) is 17.0 Å². The third kappa shape index (κ3) is 2.82. The lowest BCUT2D eigenvalue weighted by molar-refractivity contribution is 0.384. The first-order valence-electron chi connectivity index (χ1n) is 4.76. The molecule has 14 heavy (non-hydrogen) atoms. The minimum atomic E-state index is -3.24. The Morgan fingerprint density at radius 3 is 2.50 bits per heavy atom. The fourth-order valence-corrected chi connectivity index (χ4v) is 2.90. The van der Waals surface area contributed by atoms with Crippen molar-refractivity contribution in [3.8, 4) is 0 Å². The third-order valence-corrected chi connectivity index (χ3v) is 4.78. The van der Waals surface area contributed by atoms with Gasteiger partial charge in [0.25, 0.3) is 10.2 Å². The predicted octanol–water partition coefficient (Wildman–Crippen LogP) is 0.886. The first kappa shape index (κ1) is 12.2. The maximum Gasteiger partial charge on any atom is 0.281 e.